The predicted octanol–water partition coefficient (Wildman–Crippen LogP) is 8.15. The Morgan fingerprint density at radius 1 is 0.579 bits per heavy atom. The Morgan fingerprint density at radius 2 is 1.16 bits per heavy atom. The molecule has 184 valence electrons. The highest BCUT2D eigenvalue weighted by Gasteiger charge is 2.50. The standard InChI is InChI=1S/C35H30N2Si/c1-35(2)28-18-12-11-17-26(28)33-32(35)27-21-25(19-20-31(27)38(33,3)4)34-36-29(23-13-7-5-8-14-23)22-30(37-34)24-15-9-6-10-16-24/h5-22H,1-4H3. The lowest BCUT2D eigenvalue weighted by atomic mass is 9.78. The lowest BCUT2D eigenvalue weighted by Crippen LogP contribution is -2.41. The van der Waals surface area contributed by atoms with Crippen LogP contribution < -0.4 is 5.19 Å². The van der Waals surface area contributed by atoms with Crippen molar-refractivity contribution in [1.29, 1.82) is 0 Å². The fourth-order valence-electron chi connectivity index (χ4n) is 6.61. The van der Waals surface area contributed by atoms with Crippen molar-refractivity contribution < 1.29 is 0 Å². The summed E-state index contributed by atoms with van der Waals surface area (Å²) < 4.78 is 0. The molecule has 5 aromatic rings. The maximum atomic E-state index is 5.11. The molecule has 0 saturated carbocycles. The van der Waals surface area contributed by atoms with Gasteiger partial charge in [0.05, 0.1) is 11.4 Å². The van der Waals surface area contributed by atoms with Crippen LogP contribution in [-0.2, 0) is 5.41 Å². The first-order chi connectivity index (χ1) is 18.4. The number of aromatic nitrogens is 2. The van der Waals surface area contributed by atoms with E-state index in [1.807, 2.05) is 12.1 Å². The van der Waals surface area contributed by atoms with E-state index in [2.05, 4.69) is 124 Å². The maximum Gasteiger partial charge on any atom is 0.160 e. The van der Waals surface area contributed by atoms with E-state index in [0.717, 1.165) is 33.9 Å². The van der Waals surface area contributed by atoms with Gasteiger partial charge in [0, 0.05) is 22.1 Å². The van der Waals surface area contributed by atoms with E-state index in [4.69, 9.17) is 9.97 Å². The Labute approximate surface area is 225 Å². The zero-order valence-corrected chi connectivity index (χ0v) is 23.3. The molecule has 1 aromatic heterocycles. The summed E-state index contributed by atoms with van der Waals surface area (Å²) in [6.45, 7) is 9.79. The molecule has 3 heteroatoms. The fraction of sp³-hybridized carbons (Fsp3) is 0.143. The summed E-state index contributed by atoms with van der Waals surface area (Å²) >= 11 is 0. The molecule has 1 aliphatic heterocycles. The summed E-state index contributed by atoms with van der Waals surface area (Å²) in [4.78, 5) is 10.2. The lowest BCUT2D eigenvalue weighted by molar-refractivity contribution is 0.704. The summed E-state index contributed by atoms with van der Waals surface area (Å²) in [7, 11) is -1.84. The Bertz CT molecular complexity index is 1690. The van der Waals surface area contributed by atoms with Gasteiger partial charge in [0.2, 0.25) is 0 Å². The SMILES string of the molecule is CC1(C)C2=C(c3ccccc31)[Si](C)(C)c1ccc(-c3nc(-c4ccccc4)cc(-c4ccccc4)n3)cc12. The second kappa shape index (κ2) is 8.21. The van der Waals surface area contributed by atoms with E-state index >= 15 is 0 Å². The maximum absolute atomic E-state index is 5.11. The van der Waals surface area contributed by atoms with E-state index in [-0.39, 0.29) is 5.41 Å². The fourth-order valence-corrected chi connectivity index (χ4v) is 10.2. The molecule has 2 aliphatic rings. The zero-order chi connectivity index (χ0) is 26.1. The van der Waals surface area contributed by atoms with Gasteiger partial charge < -0.3 is 0 Å². The van der Waals surface area contributed by atoms with Crippen LogP contribution in [-0.4, -0.2) is 18.0 Å². The third-order valence-corrected chi connectivity index (χ3v) is 12.0. The van der Waals surface area contributed by atoms with Crippen LogP contribution in [0, 0.1) is 0 Å². The van der Waals surface area contributed by atoms with Gasteiger partial charge in [-0.15, -0.1) is 0 Å². The smallest absolute Gasteiger partial charge is 0.160 e. The normalized spacial score (nSPS) is 16.2. The van der Waals surface area contributed by atoms with Crippen LogP contribution in [0.15, 0.2) is 109 Å². The van der Waals surface area contributed by atoms with Crippen LogP contribution in [0.1, 0.15) is 30.5 Å². The van der Waals surface area contributed by atoms with Crippen molar-refractivity contribution in [3.8, 4) is 33.9 Å². The quantitative estimate of drug-likeness (QED) is 0.231. The molecule has 0 spiro atoms. The van der Waals surface area contributed by atoms with Gasteiger partial charge in [-0.25, -0.2) is 9.97 Å². The average molecular weight is 507 g/mol. The highest BCUT2D eigenvalue weighted by molar-refractivity contribution is 7.08. The van der Waals surface area contributed by atoms with E-state index in [1.165, 1.54) is 27.5 Å². The minimum Gasteiger partial charge on any atom is -0.228 e. The van der Waals surface area contributed by atoms with Crippen molar-refractivity contribution in [3.05, 3.63) is 126 Å². The monoisotopic (exact) mass is 506 g/mol. The molecule has 0 atom stereocenters. The van der Waals surface area contributed by atoms with E-state index in [0.29, 0.717) is 0 Å². The first-order valence-electron chi connectivity index (χ1n) is 13.4. The van der Waals surface area contributed by atoms with E-state index in [9.17, 15) is 0 Å². The Kier molecular flexibility index (Phi) is 4.98. The van der Waals surface area contributed by atoms with Gasteiger partial charge in [-0.3, -0.25) is 0 Å². The summed E-state index contributed by atoms with van der Waals surface area (Å²) in [5.41, 5.74) is 10.9. The van der Waals surface area contributed by atoms with Crippen LogP contribution in [0.25, 0.3) is 44.7 Å². The van der Waals surface area contributed by atoms with Crippen LogP contribution in [0.3, 0.4) is 0 Å². The molecule has 2 nitrogen and oxygen atoms in total. The minimum atomic E-state index is -1.84. The third-order valence-electron chi connectivity index (χ3n) is 8.46. The number of nitrogens with zero attached hydrogens (tertiary/aromatic N) is 2. The number of fused-ring (bicyclic) bond motifs is 4. The van der Waals surface area contributed by atoms with Crippen LogP contribution in [0.4, 0.5) is 0 Å². The summed E-state index contributed by atoms with van der Waals surface area (Å²) in [5.74, 6) is 0.773. The Hall–Kier alpha value is -4.08. The van der Waals surface area contributed by atoms with Crippen molar-refractivity contribution >= 4 is 24.0 Å². The van der Waals surface area contributed by atoms with Gasteiger partial charge >= 0.3 is 0 Å². The van der Waals surface area contributed by atoms with Crippen molar-refractivity contribution in [3.63, 3.8) is 0 Å². The number of hydrogen-bond donors (Lipinski definition) is 0. The van der Waals surface area contributed by atoms with Crippen LogP contribution >= 0.6 is 0 Å². The van der Waals surface area contributed by atoms with Gasteiger partial charge in [-0.1, -0.05) is 124 Å². The Balaban J connectivity index is 1.43. The first kappa shape index (κ1) is 23.1. The molecule has 1 aliphatic carbocycles. The highest BCUT2D eigenvalue weighted by Crippen LogP contribution is 2.56. The second-order valence-corrected chi connectivity index (χ2v) is 15.8. The van der Waals surface area contributed by atoms with Gasteiger partial charge in [-0.05, 0) is 44.8 Å². The van der Waals surface area contributed by atoms with Gasteiger partial charge in [-0.2, -0.15) is 0 Å². The summed E-state index contributed by atoms with van der Waals surface area (Å²) in [5, 5.41) is 3.13. The molecule has 0 fully saturated rings. The summed E-state index contributed by atoms with van der Waals surface area (Å²) in [6, 6.07) is 38.9. The van der Waals surface area contributed by atoms with Crippen LogP contribution in [0.2, 0.25) is 13.1 Å². The van der Waals surface area contributed by atoms with E-state index < -0.39 is 8.07 Å². The zero-order valence-electron chi connectivity index (χ0n) is 22.3. The van der Waals surface area contributed by atoms with Gasteiger partial charge in [0.15, 0.2) is 5.82 Å². The molecule has 7 rings (SSSR count). The molecule has 4 aromatic carbocycles. The molecule has 0 saturated heterocycles. The lowest BCUT2D eigenvalue weighted by Gasteiger charge is -2.27. The topological polar surface area (TPSA) is 25.8 Å². The van der Waals surface area contributed by atoms with Crippen molar-refractivity contribution in [2.75, 3.05) is 0 Å². The van der Waals surface area contributed by atoms with Crippen LogP contribution in [0.5, 0.6) is 0 Å². The average Bonchev–Trinajstić information content (AvgIpc) is 3.35. The molecule has 0 amide bonds. The predicted molar refractivity (Wildman–Crippen MR) is 162 cm³/mol. The molecule has 0 N–H and O–H groups in total. The summed E-state index contributed by atoms with van der Waals surface area (Å²) in [6.07, 6.45) is 0. The highest BCUT2D eigenvalue weighted by atomic mass is 28.3. The minimum absolute atomic E-state index is 0.0258. The number of rotatable bonds is 3. The molecule has 0 unspecified atom stereocenters. The van der Waals surface area contributed by atoms with Crippen molar-refractivity contribution in [2.45, 2.75) is 32.4 Å². The number of benzene rings is 4. The van der Waals surface area contributed by atoms with Gasteiger partial charge in [0.1, 0.15) is 8.07 Å². The molecule has 38 heavy (non-hydrogen) atoms. The van der Waals surface area contributed by atoms with Gasteiger partial charge in [0.25, 0.3) is 0 Å². The molecule has 0 radical (unpaired) electrons. The molecular weight excluding hydrogens is 476 g/mol. The number of hydrogen-bond acceptors (Lipinski definition) is 2. The molecule has 0 bridgehead atoms. The van der Waals surface area contributed by atoms with Crippen molar-refractivity contribution in [1.82, 2.24) is 9.97 Å². The molecular formula is C35H30N2Si. The third kappa shape index (κ3) is 3.32. The number of allylic oxidation sites excluding steroid dienone is 1. The largest absolute Gasteiger partial charge is 0.228 e. The van der Waals surface area contributed by atoms with Crippen molar-refractivity contribution in [2.24, 2.45) is 0 Å². The first-order valence-corrected chi connectivity index (χ1v) is 16.4. The molecule has 2 heterocycles. The van der Waals surface area contributed by atoms with E-state index in [1.54, 1.807) is 5.20 Å². The second-order valence-electron chi connectivity index (χ2n) is 11.5. The Morgan fingerprint density at radius 3 is 1.79 bits per heavy atom.